The standard InChI is InChI=1S/C16H21N3OS2/c1-19(2)14(11-17)16(20)12-6-8-13(9-7-12)21-22-15-5-3-4-10-18-15/h3-10,14,16,20H,11,17H2,1-2H3. The normalized spacial score (nSPS) is 14.0. The van der Waals surface area contributed by atoms with Crippen LogP contribution in [0.1, 0.15) is 11.7 Å². The monoisotopic (exact) mass is 335 g/mol. The highest BCUT2D eigenvalue weighted by molar-refractivity contribution is 8.76. The van der Waals surface area contributed by atoms with E-state index in [9.17, 15) is 5.11 Å². The SMILES string of the molecule is CN(C)C(CN)C(O)c1ccc(SSc2ccccn2)cc1. The van der Waals surface area contributed by atoms with Crippen molar-refractivity contribution in [3.63, 3.8) is 0 Å². The number of benzene rings is 1. The summed E-state index contributed by atoms with van der Waals surface area (Å²) in [7, 11) is 7.12. The van der Waals surface area contributed by atoms with Crippen molar-refractivity contribution < 1.29 is 5.11 Å². The molecule has 0 spiro atoms. The highest BCUT2D eigenvalue weighted by Crippen LogP contribution is 2.36. The maximum Gasteiger partial charge on any atom is 0.107 e. The third-order valence-electron chi connectivity index (χ3n) is 3.35. The van der Waals surface area contributed by atoms with E-state index in [4.69, 9.17) is 5.73 Å². The van der Waals surface area contributed by atoms with Crippen molar-refractivity contribution in [2.75, 3.05) is 20.6 Å². The van der Waals surface area contributed by atoms with Gasteiger partial charge in [-0.1, -0.05) is 29.0 Å². The number of nitrogens with zero attached hydrogens (tertiary/aromatic N) is 2. The second-order valence-corrected chi connectivity index (χ2v) is 7.34. The third kappa shape index (κ3) is 4.72. The zero-order chi connectivity index (χ0) is 15.9. The van der Waals surface area contributed by atoms with Gasteiger partial charge in [-0.05, 0) is 54.7 Å². The van der Waals surface area contributed by atoms with E-state index in [-0.39, 0.29) is 6.04 Å². The van der Waals surface area contributed by atoms with Crippen molar-refractivity contribution in [2.45, 2.75) is 22.1 Å². The number of pyridine rings is 1. The van der Waals surface area contributed by atoms with Crippen LogP contribution in [0.15, 0.2) is 58.6 Å². The number of nitrogens with two attached hydrogens (primary N) is 1. The van der Waals surface area contributed by atoms with Gasteiger partial charge >= 0.3 is 0 Å². The average Bonchev–Trinajstić information content (AvgIpc) is 2.54. The van der Waals surface area contributed by atoms with Crippen LogP contribution in [0.2, 0.25) is 0 Å². The molecule has 2 atom stereocenters. The van der Waals surface area contributed by atoms with Crippen LogP contribution in [0, 0.1) is 0 Å². The predicted octanol–water partition coefficient (Wildman–Crippen LogP) is 2.80. The van der Waals surface area contributed by atoms with Crippen LogP contribution < -0.4 is 5.73 Å². The van der Waals surface area contributed by atoms with Crippen LogP contribution in [-0.4, -0.2) is 41.7 Å². The van der Waals surface area contributed by atoms with Gasteiger partial charge in [-0.25, -0.2) is 4.98 Å². The number of aliphatic hydroxyl groups excluding tert-OH is 1. The molecule has 0 amide bonds. The van der Waals surface area contributed by atoms with E-state index >= 15 is 0 Å². The fraction of sp³-hybridized carbons (Fsp3) is 0.312. The van der Waals surface area contributed by atoms with Crippen LogP contribution in [0.3, 0.4) is 0 Å². The molecule has 2 unspecified atom stereocenters. The van der Waals surface area contributed by atoms with Crippen molar-refractivity contribution in [1.82, 2.24) is 9.88 Å². The van der Waals surface area contributed by atoms with Crippen LogP contribution in [0.5, 0.6) is 0 Å². The number of hydrogen-bond donors (Lipinski definition) is 2. The summed E-state index contributed by atoms with van der Waals surface area (Å²) in [5.74, 6) is 0. The van der Waals surface area contributed by atoms with Crippen LogP contribution in [-0.2, 0) is 0 Å². The van der Waals surface area contributed by atoms with E-state index in [0.717, 1.165) is 15.5 Å². The minimum absolute atomic E-state index is 0.0820. The molecular formula is C16H21N3OS2. The molecule has 4 nitrogen and oxygen atoms in total. The van der Waals surface area contributed by atoms with Crippen molar-refractivity contribution >= 4 is 21.6 Å². The molecule has 0 aliphatic carbocycles. The Morgan fingerprint density at radius 3 is 2.41 bits per heavy atom. The molecule has 22 heavy (non-hydrogen) atoms. The van der Waals surface area contributed by atoms with E-state index in [1.807, 2.05) is 61.5 Å². The molecule has 1 aromatic carbocycles. The Morgan fingerprint density at radius 1 is 1.14 bits per heavy atom. The van der Waals surface area contributed by atoms with Crippen LogP contribution >= 0.6 is 21.6 Å². The second kappa shape index (κ2) is 8.55. The van der Waals surface area contributed by atoms with Gasteiger partial charge in [-0.3, -0.25) is 0 Å². The van der Waals surface area contributed by atoms with E-state index in [2.05, 4.69) is 4.98 Å². The fourth-order valence-electron chi connectivity index (χ4n) is 2.05. The van der Waals surface area contributed by atoms with Crippen molar-refractivity contribution in [3.05, 3.63) is 54.2 Å². The van der Waals surface area contributed by atoms with Gasteiger partial charge in [0, 0.05) is 17.6 Å². The molecular weight excluding hydrogens is 314 g/mol. The molecule has 0 saturated heterocycles. The predicted molar refractivity (Wildman–Crippen MR) is 93.9 cm³/mol. The minimum Gasteiger partial charge on any atom is -0.387 e. The van der Waals surface area contributed by atoms with Crippen molar-refractivity contribution in [2.24, 2.45) is 5.73 Å². The number of aliphatic hydroxyl groups is 1. The molecule has 1 heterocycles. The van der Waals surface area contributed by atoms with E-state index < -0.39 is 6.10 Å². The summed E-state index contributed by atoms with van der Waals surface area (Å²) in [6.45, 7) is 0.417. The molecule has 0 radical (unpaired) electrons. The quantitative estimate of drug-likeness (QED) is 0.759. The lowest BCUT2D eigenvalue weighted by atomic mass is 10.0. The zero-order valence-electron chi connectivity index (χ0n) is 12.7. The lowest BCUT2D eigenvalue weighted by Gasteiger charge is -2.28. The fourth-order valence-corrected chi connectivity index (χ4v) is 3.89. The first kappa shape index (κ1) is 17.3. The van der Waals surface area contributed by atoms with Crippen LogP contribution in [0.25, 0.3) is 0 Å². The first-order chi connectivity index (χ1) is 10.6. The van der Waals surface area contributed by atoms with E-state index in [1.54, 1.807) is 27.8 Å². The van der Waals surface area contributed by atoms with Crippen molar-refractivity contribution in [3.8, 4) is 0 Å². The molecule has 2 aromatic rings. The van der Waals surface area contributed by atoms with Gasteiger partial charge in [-0.2, -0.15) is 0 Å². The maximum atomic E-state index is 10.4. The molecule has 6 heteroatoms. The Balaban J connectivity index is 1.98. The lowest BCUT2D eigenvalue weighted by molar-refractivity contribution is 0.0802. The Labute approximate surface area is 139 Å². The van der Waals surface area contributed by atoms with Gasteiger partial charge in [0.1, 0.15) is 5.03 Å². The zero-order valence-corrected chi connectivity index (χ0v) is 14.3. The number of likely N-dealkylation sites (N-methyl/N-ethyl adjacent to an activating group) is 1. The summed E-state index contributed by atoms with van der Waals surface area (Å²) in [5, 5.41) is 11.4. The maximum absolute atomic E-state index is 10.4. The number of hydrogen-bond acceptors (Lipinski definition) is 6. The summed E-state index contributed by atoms with van der Waals surface area (Å²) in [6, 6.07) is 13.7. The minimum atomic E-state index is -0.581. The molecule has 2 rings (SSSR count). The first-order valence-corrected chi connectivity index (χ1v) is 9.17. The summed E-state index contributed by atoms with van der Waals surface area (Å²) < 4.78 is 0. The molecule has 0 aliphatic heterocycles. The Morgan fingerprint density at radius 2 is 1.86 bits per heavy atom. The van der Waals surface area contributed by atoms with Crippen molar-refractivity contribution in [1.29, 1.82) is 0 Å². The summed E-state index contributed by atoms with van der Waals surface area (Å²) in [5.41, 5.74) is 6.62. The summed E-state index contributed by atoms with van der Waals surface area (Å²) >= 11 is 0. The molecule has 1 aromatic heterocycles. The van der Waals surface area contributed by atoms with Gasteiger partial charge < -0.3 is 15.7 Å². The van der Waals surface area contributed by atoms with Crippen LogP contribution in [0.4, 0.5) is 0 Å². The van der Waals surface area contributed by atoms with Gasteiger partial charge in [0.25, 0.3) is 0 Å². The molecule has 0 fully saturated rings. The Kier molecular flexibility index (Phi) is 6.72. The molecule has 0 saturated carbocycles. The highest BCUT2D eigenvalue weighted by atomic mass is 33.1. The second-order valence-electron chi connectivity index (χ2n) is 5.12. The molecule has 0 aliphatic rings. The first-order valence-electron chi connectivity index (χ1n) is 7.02. The number of rotatable bonds is 7. The van der Waals surface area contributed by atoms with E-state index in [0.29, 0.717) is 6.54 Å². The molecule has 118 valence electrons. The van der Waals surface area contributed by atoms with Gasteiger partial charge in [-0.15, -0.1) is 0 Å². The topological polar surface area (TPSA) is 62.4 Å². The summed E-state index contributed by atoms with van der Waals surface area (Å²) in [6.07, 6.45) is 1.21. The summed E-state index contributed by atoms with van der Waals surface area (Å²) in [4.78, 5) is 7.35. The average molecular weight is 335 g/mol. The smallest absolute Gasteiger partial charge is 0.107 e. The largest absolute Gasteiger partial charge is 0.387 e. The lowest BCUT2D eigenvalue weighted by Crippen LogP contribution is -2.40. The molecule has 0 bridgehead atoms. The van der Waals surface area contributed by atoms with E-state index in [1.165, 1.54) is 0 Å². The van der Waals surface area contributed by atoms with Gasteiger partial charge in [0.05, 0.1) is 12.1 Å². The van der Waals surface area contributed by atoms with Gasteiger partial charge in [0.2, 0.25) is 0 Å². The third-order valence-corrected chi connectivity index (χ3v) is 5.65. The molecule has 3 N–H and O–H groups in total. The number of aromatic nitrogens is 1. The highest BCUT2D eigenvalue weighted by Gasteiger charge is 2.21. The Hall–Kier alpha value is -1.05. The van der Waals surface area contributed by atoms with Gasteiger partial charge in [0.15, 0.2) is 0 Å². The Bertz CT molecular complexity index is 563.